The number of unbranched alkanes of at least 4 members (excludes halogenated alkanes) is 29. The van der Waals surface area contributed by atoms with Gasteiger partial charge < -0.3 is 34.3 Å². The Labute approximate surface area is 372 Å². The molecule has 1 fully saturated rings. The van der Waals surface area contributed by atoms with Gasteiger partial charge in [0.15, 0.2) is 6.29 Å². The van der Waals surface area contributed by atoms with Crippen LogP contribution in [0, 0.1) is 0 Å². The molecule has 362 valence electrons. The first-order valence-electron chi connectivity index (χ1n) is 24.9. The first-order valence-corrected chi connectivity index (χ1v) is 26.3. The van der Waals surface area contributed by atoms with Crippen LogP contribution in [0.4, 0.5) is 0 Å². The number of allylic oxidation sites excluding steroid dienone is 2. The van der Waals surface area contributed by atoms with Crippen molar-refractivity contribution in [2.24, 2.45) is 0 Å². The number of ether oxygens (including phenoxy) is 4. The van der Waals surface area contributed by atoms with Crippen molar-refractivity contribution in [2.75, 3.05) is 26.4 Å². The molecule has 1 heterocycles. The molecule has 0 aliphatic carbocycles. The molecule has 6 atom stereocenters. The van der Waals surface area contributed by atoms with Crippen LogP contribution in [-0.4, -0.2) is 97.5 Å². The number of aliphatic hydroxyl groups excluding tert-OH is 3. The molecule has 1 aliphatic rings. The van der Waals surface area contributed by atoms with Crippen molar-refractivity contribution in [1.82, 2.24) is 0 Å². The quantitative estimate of drug-likeness (QED) is 0.0197. The third-order valence-electron chi connectivity index (χ3n) is 11.6. The molecule has 1 aliphatic heterocycles. The number of aliphatic hydroxyl groups is 3. The van der Waals surface area contributed by atoms with Crippen molar-refractivity contribution in [1.29, 1.82) is 0 Å². The van der Waals surface area contributed by atoms with Crippen LogP contribution in [0.2, 0.25) is 0 Å². The Bertz CT molecular complexity index is 1120. The molecule has 13 heteroatoms. The van der Waals surface area contributed by atoms with Crippen LogP contribution in [0.15, 0.2) is 12.2 Å². The van der Waals surface area contributed by atoms with Gasteiger partial charge >= 0.3 is 16.4 Å². The fourth-order valence-corrected chi connectivity index (χ4v) is 8.35. The van der Waals surface area contributed by atoms with Crippen LogP contribution >= 0.6 is 0 Å². The van der Waals surface area contributed by atoms with E-state index >= 15 is 0 Å². The van der Waals surface area contributed by atoms with Crippen molar-refractivity contribution >= 4 is 16.4 Å². The molecule has 0 aromatic heterocycles. The number of carbonyl (C=O) groups is 1. The van der Waals surface area contributed by atoms with E-state index in [1.807, 2.05) is 0 Å². The van der Waals surface area contributed by atoms with Gasteiger partial charge in [0, 0.05) is 13.0 Å². The Hall–Kier alpha value is -1.16. The minimum atomic E-state index is -5.06. The van der Waals surface area contributed by atoms with Crippen LogP contribution < -0.4 is 0 Å². The summed E-state index contributed by atoms with van der Waals surface area (Å²) < 4.78 is 59.2. The predicted molar refractivity (Wildman–Crippen MR) is 244 cm³/mol. The molecule has 0 spiro atoms. The zero-order valence-corrected chi connectivity index (χ0v) is 39.6. The molecule has 4 N–H and O–H groups in total. The molecular weight excluding hydrogens is 801 g/mol. The summed E-state index contributed by atoms with van der Waals surface area (Å²) in [6, 6.07) is 0. The van der Waals surface area contributed by atoms with Gasteiger partial charge in [0.05, 0.1) is 19.8 Å². The summed E-state index contributed by atoms with van der Waals surface area (Å²) in [5.41, 5.74) is 0. The highest BCUT2D eigenvalue weighted by Crippen LogP contribution is 2.26. The SMILES string of the molecule is CCCCCCCC/C=C\CCCCCCCCCCOCC(COC1OC(CO)C(O)C(OS(=O)(=O)O)C1O)OC(=O)CCCCCCCCCCCCCCCCCC. The topological polar surface area (TPSA) is 178 Å². The number of carbonyl (C=O) groups excluding carboxylic acids is 1. The highest BCUT2D eigenvalue weighted by atomic mass is 32.3. The maximum absolute atomic E-state index is 12.9. The van der Waals surface area contributed by atoms with Crippen LogP contribution in [0.5, 0.6) is 0 Å². The molecule has 12 nitrogen and oxygen atoms in total. The molecule has 0 aromatic rings. The first kappa shape index (κ1) is 57.9. The zero-order valence-electron chi connectivity index (χ0n) is 38.7. The molecule has 61 heavy (non-hydrogen) atoms. The number of rotatable bonds is 44. The summed E-state index contributed by atoms with van der Waals surface area (Å²) in [4.78, 5) is 12.9. The molecule has 0 saturated carbocycles. The molecule has 0 aromatic carbocycles. The Balaban J connectivity index is 2.37. The smallest absolute Gasteiger partial charge is 0.397 e. The maximum atomic E-state index is 12.9. The third-order valence-corrected chi connectivity index (χ3v) is 12.1. The summed E-state index contributed by atoms with van der Waals surface area (Å²) in [7, 11) is -5.06. The van der Waals surface area contributed by atoms with E-state index in [4.69, 9.17) is 18.9 Å². The second-order valence-electron chi connectivity index (χ2n) is 17.4. The lowest BCUT2D eigenvalue weighted by Crippen LogP contribution is -2.60. The average molecular weight is 893 g/mol. The van der Waals surface area contributed by atoms with Crippen LogP contribution in [-0.2, 0) is 38.3 Å². The second-order valence-corrected chi connectivity index (χ2v) is 18.5. The third kappa shape index (κ3) is 33.9. The molecule has 0 bridgehead atoms. The minimum Gasteiger partial charge on any atom is -0.457 e. The number of hydrogen-bond acceptors (Lipinski definition) is 11. The maximum Gasteiger partial charge on any atom is 0.397 e. The van der Waals surface area contributed by atoms with E-state index in [-0.39, 0.29) is 19.6 Å². The lowest BCUT2D eigenvalue weighted by molar-refractivity contribution is -0.301. The van der Waals surface area contributed by atoms with Crippen molar-refractivity contribution in [3.05, 3.63) is 12.2 Å². The van der Waals surface area contributed by atoms with E-state index in [0.29, 0.717) is 13.0 Å². The van der Waals surface area contributed by atoms with Crippen LogP contribution in [0.3, 0.4) is 0 Å². The van der Waals surface area contributed by atoms with Gasteiger partial charge in [-0.3, -0.25) is 9.35 Å². The molecule has 1 saturated heterocycles. The van der Waals surface area contributed by atoms with Gasteiger partial charge in [-0.15, -0.1) is 0 Å². The zero-order chi connectivity index (χ0) is 44.7. The molecular formula is C48H92O12S. The van der Waals surface area contributed by atoms with E-state index in [1.54, 1.807) is 0 Å². The summed E-state index contributed by atoms with van der Waals surface area (Å²) >= 11 is 0. The second kappa shape index (κ2) is 40.4. The standard InChI is InChI=1S/C48H92O12S/c1-3-5-7-9-11-13-15-17-19-21-22-24-26-28-30-32-34-36-38-56-40-42(41-57-48-46(52)47(60-61(53,54)55)45(51)43(39-49)59-48)58-44(50)37-35-33-31-29-27-25-23-20-18-16-14-12-10-8-6-4-2/h17,19,42-43,45-49,51-52H,3-16,18,20-41H2,1-2H3,(H,53,54,55)/b19-17-. The fraction of sp³-hybridized carbons (Fsp3) is 0.938. The van der Waals surface area contributed by atoms with Crippen molar-refractivity contribution in [3.8, 4) is 0 Å². The van der Waals surface area contributed by atoms with E-state index in [0.717, 1.165) is 38.5 Å². The highest BCUT2D eigenvalue weighted by molar-refractivity contribution is 7.80. The lowest BCUT2D eigenvalue weighted by Gasteiger charge is -2.41. The molecule has 6 unspecified atom stereocenters. The summed E-state index contributed by atoms with van der Waals surface area (Å²) in [5.74, 6) is -0.395. The average Bonchev–Trinajstić information content (AvgIpc) is 3.23. The van der Waals surface area contributed by atoms with Gasteiger partial charge in [0.25, 0.3) is 0 Å². The largest absolute Gasteiger partial charge is 0.457 e. The molecule has 0 radical (unpaired) electrons. The number of esters is 1. The summed E-state index contributed by atoms with van der Waals surface area (Å²) in [6.07, 6.45) is 35.2. The normalized spacial score (nSPS) is 20.1. The van der Waals surface area contributed by atoms with Gasteiger partial charge in [-0.05, 0) is 38.5 Å². The van der Waals surface area contributed by atoms with E-state index in [9.17, 15) is 33.1 Å². The van der Waals surface area contributed by atoms with E-state index < -0.39 is 59.8 Å². The van der Waals surface area contributed by atoms with Crippen LogP contribution in [0.1, 0.15) is 226 Å². The van der Waals surface area contributed by atoms with Gasteiger partial charge in [-0.25, -0.2) is 4.18 Å². The van der Waals surface area contributed by atoms with Gasteiger partial charge in [0.2, 0.25) is 0 Å². The summed E-state index contributed by atoms with van der Waals surface area (Å²) in [6.45, 7) is 4.02. The monoisotopic (exact) mass is 893 g/mol. The van der Waals surface area contributed by atoms with Crippen molar-refractivity contribution in [3.63, 3.8) is 0 Å². The molecule has 1 rings (SSSR count). The van der Waals surface area contributed by atoms with E-state index in [1.165, 1.54) is 161 Å². The molecule has 0 amide bonds. The van der Waals surface area contributed by atoms with Gasteiger partial charge in [0.1, 0.15) is 30.5 Å². The Kier molecular flexibility index (Phi) is 38.3. The Morgan fingerprint density at radius 2 is 1.03 bits per heavy atom. The summed E-state index contributed by atoms with van der Waals surface area (Å²) in [5, 5.41) is 30.7. The lowest BCUT2D eigenvalue weighted by atomic mass is 9.99. The van der Waals surface area contributed by atoms with Crippen LogP contribution in [0.25, 0.3) is 0 Å². The van der Waals surface area contributed by atoms with Crippen molar-refractivity contribution in [2.45, 2.75) is 263 Å². The first-order chi connectivity index (χ1) is 29.6. The van der Waals surface area contributed by atoms with Crippen molar-refractivity contribution < 1.29 is 56.2 Å². The van der Waals surface area contributed by atoms with Gasteiger partial charge in [-0.1, -0.05) is 193 Å². The Morgan fingerprint density at radius 1 is 0.607 bits per heavy atom. The highest BCUT2D eigenvalue weighted by Gasteiger charge is 2.48. The van der Waals surface area contributed by atoms with Gasteiger partial charge in [-0.2, -0.15) is 8.42 Å². The predicted octanol–water partition coefficient (Wildman–Crippen LogP) is 11.0. The minimum absolute atomic E-state index is 0.0396. The Morgan fingerprint density at radius 3 is 1.48 bits per heavy atom. The fourth-order valence-electron chi connectivity index (χ4n) is 7.85. The number of hydrogen-bond donors (Lipinski definition) is 4. The van der Waals surface area contributed by atoms with E-state index in [2.05, 4.69) is 30.2 Å².